The largest absolute Gasteiger partial charge is 0.463 e. The molecule has 3 aromatic rings. The van der Waals surface area contributed by atoms with Gasteiger partial charge in [0.05, 0.1) is 23.8 Å². The van der Waals surface area contributed by atoms with Crippen molar-refractivity contribution >= 4 is 28.6 Å². The van der Waals surface area contributed by atoms with Crippen LogP contribution in [0.2, 0.25) is 0 Å². The van der Waals surface area contributed by atoms with E-state index in [4.69, 9.17) is 15.0 Å². The number of nitriles is 1. The van der Waals surface area contributed by atoms with Crippen molar-refractivity contribution in [3.63, 3.8) is 0 Å². The number of carbonyl (C=O) groups excluding carboxylic acids is 1. The minimum absolute atomic E-state index is 0.298. The molecule has 0 bridgehead atoms. The van der Waals surface area contributed by atoms with Crippen LogP contribution in [-0.2, 0) is 15.3 Å². The second-order valence-corrected chi connectivity index (χ2v) is 8.66. The number of rotatable bonds is 6. The van der Waals surface area contributed by atoms with Crippen LogP contribution >= 0.6 is 11.8 Å². The molecular weight excluding hydrogens is 442 g/mol. The number of hydrogen-bond acceptors (Lipinski definition) is 6. The average Bonchev–Trinajstić information content (AvgIpc) is 2.88. The maximum Gasteiger partial charge on any atom is 0.338 e. The predicted octanol–water partition coefficient (Wildman–Crippen LogP) is 6.25. The van der Waals surface area contributed by atoms with Gasteiger partial charge in [0.1, 0.15) is 6.04 Å². The van der Waals surface area contributed by atoms with Crippen LogP contribution in [0.15, 0.2) is 101 Å². The molecule has 0 amide bonds. The van der Waals surface area contributed by atoms with Crippen LogP contribution in [0.5, 0.6) is 0 Å². The fourth-order valence-corrected chi connectivity index (χ4v) is 4.89. The summed E-state index contributed by atoms with van der Waals surface area (Å²) in [6.45, 7) is 4.06. The summed E-state index contributed by atoms with van der Waals surface area (Å²) < 4.78 is 5.45. The molecule has 0 saturated heterocycles. The molecule has 0 saturated carbocycles. The Morgan fingerprint density at radius 1 is 1.03 bits per heavy atom. The van der Waals surface area contributed by atoms with Gasteiger partial charge < -0.3 is 4.74 Å². The number of amidine groups is 1. The Morgan fingerprint density at radius 3 is 2.29 bits per heavy atom. The fourth-order valence-electron chi connectivity index (χ4n) is 3.85. The molecule has 0 N–H and O–H groups in total. The fraction of sp³-hybridized carbons (Fsp3) is 0.179. The maximum absolute atomic E-state index is 13.1. The van der Waals surface area contributed by atoms with Crippen molar-refractivity contribution in [1.82, 2.24) is 0 Å². The lowest BCUT2D eigenvalue weighted by molar-refractivity contribution is -0.138. The Morgan fingerprint density at radius 2 is 1.68 bits per heavy atom. The first-order valence-electron chi connectivity index (χ1n) is 11.1. The van der Waals surface area contributed by atoms with E-state index in [2.05, 4.69) is 6.07 Å². The Kier molecular flexibility index (Phi) is 7.46. The van der Waals surface area contributed by atoms with E-state index in [1.165, 1.54) is 0 Å². The van der Waals surface area contributed by atoms with Crippen molar-refractivity contribution in [2.75, 3.05) is 11.5 Å². The SMILES string of the molecule is CCOC(=O)C1=C(C)N(c2ccccc2)C(SCc2ccc(C#N)cc2)=N[C@@H]1c1ccccc1. The summed E-state index contributed by atoms with van der Waals surface area (Å²) in [6, 6.07) is 29.0. The second-order valence-electron chi connectivity index (χ2n) is 7.71. The lowest BCUT2D eigenvalue weighted by Crippen LogP contribution is -2.35. The summed E-state index contributed by atoms with van der Waals surface area (Å²) in [7, 11) is 0. The average molecular weight is 468 g/mol. The molecule has 1 aliphatic rings. The number of hydrogen-bond donors (Lipinski definition) is 0. The number of thioether (sulfide) groups is 1. The lowest BCUT2D eigenvalue weighted by atomic mass is 9.96. The monoisotopic (exact) mass is 467 g/mol. The minimum atomic E-state index is -0.455. The molecule has 0 aromatic heterocycles. The molecule has 34 heavy (non-hydrogen) atoms. The number of nitrogens with zero attached hydrogens (tertiary/aromatic N) is 3. The normalized spacial score (nSPS) is 15.5. The number of aliphatic imine (C=N–C) groups is 1. The number of benzene rings is 3. The van der Waals surface area contributed by atoms with E-state index in [0.29, 0.717) is 23.5 Å². The van der Waals surface area contributed by atoms with Crippen molar-refractivity contribution < 1.29 is 9.53 Å². The molecule has 0 spiro atoms. The highest BCUT2D eigenvalue weighted by atomic mass is 32.2. The number of allylic oxidation sites excluding steroid dienone is 1. The van der Waals surface area contributed by atoms with E-state index in [1.807, 2.05) is 104 Å². The first-order valence-corrected chi connectivity index (χ1v) is 12.1. The van der Waals surface area contributed by atoms with Crippen LogP contribution in [0.1, 0.15) is 36.6 Å². The van der Waals surface area contributed by atoms with E-state index in [0.717, 1.165) is 27.7 Å². The second kappa shape index (κ2) is 10.9. The number of carbonyl (C=O) groups is 1. The first kappa shape index (κ1) is 23.3. The quantitative estimate of drug-likeness (QED) is 0.401. The first-order chi connectivity index (χ1) is 16.6. The third kappa shape index (κ3) is 5.05. The van der Waals surface area contributed by atoms with Crippen LogP contribution in [0, 0.1) is 11.3 Å². The van der Waals surface area contributed by atoms with E-state index < -0.39 is 6.04 Å². The van der Waals surface area contributed by atoms with Gasteiger partial charge in [-0.05, 0) is 49.2 Å². The molecule has 0 unspecified atom stereocenters. The highest BCUT2D eigenvalue weighted by molar-refractivity contribution is 8.13. The summed E-state index contributed by atoms with van der Waals surface area (Å²) in [5.41, 5.74) is 4.94. The van der Waals surface area contributed by atoms with Gasteiger partial charge in [-0.2, -0.15) is 5.26 Å². The van der Waals surface area contributed by atoms with E-state index >= 15 is 0 Å². The summed E-state index contributed by atoms with van der Waals surface area (Å²) in [6.07, 6.45) is 0. The zero-order chi connectivity index (χ0) is 23.9. The Hall–Kier alpha value is -3.82. The van der Waals surface area contributed by atoms with Crippen LogP contribution in [0.3, 0.4) is 0 Å². The molecule has 3 aromatic carbocycles. The van der Waals surface area contributed by atoms with Gasteiger partial charge >= 0.3 is 5.97 Å². The number of ether oxygens (including phenoxy) is 1. The van der Waals surface area contributed by atoms with Gasteiger partial charge in [-0.1, -0.05) is 72.4 Å². The standard InChI is InChI=1S/C28H25N3O2S/c1-3-33-27(32)25-20(2)31(24-12-8-5-9-13-24)28(30-26(25)23-10-6-4-7-11-23)34-19-22-16-14-21(18-29)15-17-22/h4-17,26H,3,19H2,1-2H3/t26-/m1/s1. The van der Waals surface area contributed by atoms with Crippen LogP contribution in [0.4, 0.5) is 5.69 Å². The molecule has 1 heterocycles. The number of para-hydroxylation sites is 1. The molecule has 1 aliphatic heterocycles. The van der Waals surface area contributed by atoms with Crippen LogP contribution in [-0.4, -0.2) is 17.7 Å². The van der Waals surface area contributed by atoms with Crippen LogP contribution < -0.4 is 4.90 Å². The highest BCUT2D eigenvalue weighted by Crippen LogP contribution is 2.39. The molecule has 0 radical (unpaired) electrons. The Balaban J connectivity index is 1.77. The maximum atomic E-state index is 13.1. The van der Waals surface area contributed by atoms with Crippen LogP contribution in [0.25, 0.3) is 0 Å². The molecule has 4 rings (SSSR count). The van der Waals surface area contributed by atoms with Gasteiger partial charge in [0.25, 0.3) is 0 Å². The summed E-state index contributed by atoms with van der Waals surface area (Å²) in [5, 5.41) is 9.87. The Bertz CT molecular complexity index is 1250. The Labute approximate surface area is 204 Å². The predicted molar refractivity (Wildman–Crippen MR) is 137 cm³/mol. The molecular formula is C28H25N3O2S. The van der Waals surface area contributed by atoms with Crippen molar-refractivity contribution in [3.05, 3.63) is 113 Å². The van der Waals surface area contributed by atoms with Crippen molar-refractivity contribution in [1.29, 1.82) is 5.26 Å². The summed E-state index contributed by atoms with van der Waals surface area (Å²) in [4.78, 5) is 20.2. The molecule has 5 nitrogen and oxygen atoms in total. The van der Waals surface area contributed by atoms with E-state index in [1.54, 1.807) is 11.8 Å². The summed E-state index contributed by atoms with van der Waals surface area (Å²) in [5.74, 6) is 0.326. The van der Waals surface area contributed by atoms with Gasteiger partial charge in [-0.3, -0.25) is 4.90 Å². The van der Waals surface area contributed by atoms with E-state index in [-0.39, 0.29) is 5.97 Å². The van der Waals surface area contributed by atoms with Gasteiger partial charge in [0.15, 0.2) is 5.17 Å². The molecule has 0 fully saturated rings. The third-order valence-electron chi connectivity index (χ3n) is 5.51. The highest BCUT2D eigenvalue weighted by Gasteiger charge is 2.34. The van der Waals surface area contributed by atoms with Gasteiger partial charge in [-0.15, -0.1) is 0 Å². The zero-order valence-corrected chi connectivity index (χ0v) is 20.0. The van der Waals surface area contributed by atoms with Gasteiger partial charge in [0, 0.05) is 17.1 Å². The topological polar surface area (TPSA) is 65.7 Å². The van der Waals surface area contributed by atoms with Gasteiger partial charge in [-0.25, -0.2) is 9.79 Å². The van der Waals surface area contributed by atoms with Gasteiger partial charge in [0.2, 0.25) is 0 Å². The molecule has 1 atom stereocenters. The van der Waals surface area contributed by atoms with Crippen molar-refractivity contribution in [2.24, 2.45) is 4.99 Å². The minimum Gasteiger partial charge on any atom is -0.463 e. The molecule has 0 aliphatic carbocycles. The molecule has 6 heteroatoms. The van der Waals surface area contributed by atoms with Crippen molar-refractivity contribution in [2.45, 2.75) is 25.6 Å². The zero-order valence-electron chi connectivity index (χ0n) is 19.1. The lowest BCUT2D eigenvalue weighted by Gasteiger charge is -2.34. The third-order valence-corrected chi connectivity index (χ3v) is 6.53. The number of anilines is 1. The smallest absolute Gasteiger partial charge is 0.338 e. The van der Waals surface area contributed by atoms with E-state index in [9.17, 15) is 4.79 Å². The van der Waals surface area contributed by atoms with Crippen molar-refractivity contribution in [3.8, 4) is 6.07 Å². The summed E-state index contributed by atoms with van der Waals surface area (Å²) >= 11 is 1.60. The number of esters is 1. The molecule has 170 valence electrons.